The van der Waals surface area contributed by atoms with Gasteiger partial charge in [0.05, 0.1) is 5.92 Å². The molecule has 0 bridgehead atoms. The van der Waals surface area contributed by atoms with Gasteiger partial charge >= 0.3 is 0 Å². The van der Waals surface area contributed by atoms with Gasteiger partial charge in [-0.05, 0) is 39.0 Å². The molecule has 1 saturated carbocycles. The second-order valence-electron chi connectivity index (χ2n) is 8.10. The van der Waals surface area contributed by atoms with E-state index in [0.717, 1.165) is 5.57 Å². The maximum atomic E-state index is 12.9. The van der Waals surface area contributed by atoms with Crippen molar-refractivity contribution < 1.29 is 24.3 Å². The lowest BCUT2D eigenvalue weighted by Gasteiger charge is -2.25. The van der Waals surface area contributed by atoms with E-state index in [4.69, 9.17) is 0 Å². The number of hydrogen-bond acceptors (Lipinski definition) is 5. The zero-order valence-electron chi connectivity index (χ0n) is 16.8. The Balaban J connectivity index is 3.30. The van der Waals surface area contributed by atoms with E-state index in [1.165, 1.54) is 0 Å². The van der Waals surface area contributed by atoms with Crippen molar-refractivity contribution in [2.75, 3.05) is 0 Å². The first kappa shape index (κ1) is 22.4. The molecular formula is C21H32O5. The number of carbonyl (C=O) groups excluding carboxylic acids is 4. The Morgan fingerprint density at radius 2 is 1.77 bits per heavy atom. The van der Waals surface area contributed by atoms with Crippen LogP contribution in [0.4, 0.5) is 0 Å². The van der Waals surface area contributed by atoms with Gasteiger partial charge in [-0.2, -0.15) is 0 Å². The number of carbonyl (C=O) groups is 4. The van der Waals surface area contributed by atoms with Crippen LogP contribution in [0.15, 0.2) is 11.6 Å². The third-order valence-electron chi connectivity index (χ3n) is 5.29. The minimum absolute atomic E-state index is 0.0166. The molecule has 5 heteroatoms. The highest BCUT2D eigenvalue weighted by Crippen LogP contribution is 2.40. The summed E-state index contributed by atoms with van der Waals surface area (Å²) in [5.74, 6) is -5.61. The SMILES string of the molecule is CCC(C)C(=O)C1C(=O)C(CC=C(C)C)C(O)(C(=O)CCC(C)C)C1=O. The number of ketones is 4. The van der Waals surface area contributed by atoms with Crippen LogP contribution >= 0.6 is 0 Å². The molecule has 0 radical (unpaired) electrons. The topological polar surface area (TPSA) is 88.5 Å². The molecule has 1 aliphatic rings. The van der Waals surface area contributed by atoms with Gasteiger partial charge in [0.25, 0.3) is 0 Å². The van der Waals surface area contributed by atoms with Gasteiger partial charge < -0.3 is 5.11 Å². The molecule has 0 spiro atoms. The first-order chi connectivity index (χ1) is 12.0. The second-order valence-corrected chi connectivity index (χ2v) is 8.10. The van der Waals surface area contributed by atoms with Crippen molar-refractivity contribution in [3.8, 4) is 0 Å². The number of rotatable bonds is 9. The number of aliphatic hydroxyl groups is 1. The van der Waals surface area contributed by atoms with Gasteiger partial charge in [0.15, 0.2) is 28.7 Å². The molecule has 0 aliphatic heterocycles. The lowest BCUT2D eigenvalue weighted by Crippen LogP contribution is -2.50. The summed E-state index contributed by atoms with van der Waals surface area (Å²) in [7, 11) is 0. The smallest absolute Gasteiger partial charge is 0.192 e. The molecule has 0 heterocycles. The number of Topliss-reactive ketones (excluding diaryl/α,β-unsaturated/α-hetero) is 4. The highest BCUT2D eigenvalue weighted by Gasteiger charge is 2.64. The summed E-state index contributed by atoms with van der Waals surface area (Å²) in [4.78, 5) is 51.1. The molecule has 1 rings (SSSR count). The van der Waals surface area contributed by atoms with Crippen molar-refractivity contribution in [1.29, 1.82) is 0 Å². The minimum atomic E-state index is -2.38. The fourth-order valence-corrected chi connectivity index (χ4v) is 3.27. The molecule has 1 N–H and O–H groups in total. The predicted molar refractivity (Wildman–Crippen MR) is 99.5 cm³/mol. The maximum absolute atomic E-state index is 12.9. The summed E-state index contributed by atoms with van der Waals surface area (Å²) in [5, 5.41) is 11.1. The number of hydrogen-bond donors (Lipinski definition) is 1. The standard InChI is InChI=1S/C21H32O5/c1-7-14(6)18(23)17-19(24)15(10-8-12(2)3)21(26,20(17)25)16(22)11-9-13(4)5/h8,13-15,17,26H,7,9-11H2,1-6H3. The molecule has 0 aromatic rings. The van der Waals surface area contributed by atoms with Gasteiger partial charge in [-0.15, -0.1) is 0 Å². The van der Waals surface area contributed by atoms with Crippen LogP contribution in [0.1, 0.15) is 67.2 Å². The fraction of sp³-hybridized carbons (Fsp3) is 0.714. The van der Waals surface area contributed by atoms with E-state index in [-0.39, 0.29) is 18.8 Å². The summed E-state index contributed by atoms with van der Waals surface area (Å²) in [6, 6.07) is 0. The highest BCUT2D eigenvalue weighted by atomic mass is 16.3. The molecule has 4 atom stereocenters. The van der Waals surface area contributed by atoms with E-state index >= 15 is 0 Å². The monoisotopic (exact) mass is 364 g/mol. The van der Waals surface area contributed by atoms with Crippen LogP contribution < -0.4 is 0 Å². The van der Waals surface area contributed by atoms with E-state index in [1.807, 2.05) is 27.7 Å². The summed E-state index contributed by atoms with van der Waals surface area (Å²) >= 11 is 0. The molecule has 1 fully saturated rings. The Morgan fingerprint density at radius 3 is 2.23 bits per heavy atom. The zero-order valence-corrected chi connectivity index (χ0v) is 16.8. The van der Waals surface area contributed by atoms with E-state index < -0.39 is 46.5 Å². The second kappa shape index (κ2) is 8.85. The molecule has 0 amide bonds. The van der Waals surface area contributed by atoms with Crippen LogP contribution in [0.25, 0.3) is 0 Å². The van der Waals surface area contributed by atoms with Crippen molar-refractivity contribution in [2.24, 2.45) is 23.7 Å². The summed E-state index contributed by atoms with van der Waals surface area (Å²) in [5.41, 5.74) is -1.47. The van der Waals surface area contributed by atoms with Gasteiger partial charge in [0.1, 0.15) is 5.92 Å². The Kier molecular flexibility index (Phi) is 7.63. The molecule has 0 aromatic heterocycles. The molecule has 0 saturated heterocycles. The summed E-state index contributed by atoms with van der Waals surface area (Å²) in [6.07, 6.45) is 2.84. The highest BCUT2D eigenvalue weighted by molar-refractivity contribution is 6.33. The van der Waals surface area contributed by atoms with Crippen molar-refractivity contribution in [3.63, 3.8) is 0 Å². The Morgan fingerprint density at radius 1 is 1.19 bits per heavy atom. The molecule has 1 aliphatic carbocycles. The predicted octanol–water partition coefficient (Wildman–Crippen LogP) is 3.08. The lowest BCUT2D eigenvalue weighted by molar-refractivity contribution is -0.154. The summed E-state index contributed by atoms with van der Waals surface area (Å²) < 4.78 is 0. The quantitative estimate of drug-likeness (QED) is 0.502. The van der Waals surface area contributed by atoms with Crippen molar-refractivity contribution in [2.45, 2.75) is 72.8 Å². The molecular weight excluding hydrogens is 332 g/mol. The normalized spacial score (nSPS) is 26.9. The summed E-state index contributed by atoms with van der Waals surface area (Å²) in [6.45, 7) is 11.0. The van der Waals surface area contributed by atoms with Gasteiger partial charge in [-0.3, -0.25) is 19.2 Å². The third kappa shape index (κ3) is 4.37. The third-order valence-corrected chi connectivity index (χ3v) is 5.29. The molecule has 4 unspecified atom stereocenters. The van der Waals surface area contributed by atoms with Gasteiger partial charge in [-0.25, -0.2) is 0 Å². The average Bonchev–Trinajstić information content (AvgIpc) is 2.76. The molecule has 5 nitrogen and oxygen atoms in total. The minimum Gasteiger partial charge on any atom is -0.374 e. The van der Waals surface area contributed by atoms with Crippen LogP contribution in [-0.2, 0) is 19.2 Å². The Hall–Kier alpha value is -1.62. The van der Waals surface area contributed by atoms with Gasteiger partial charge in [-0.1, -0.05) is 39.3 Å². The Bertz CT molecular complexity index is 612. The van der Waals surface area contributed by atoms with Crippen molar-refractivity contribution in [1.82, 2.24) is 0 Å². The van der Waals surface area contributed by atoms with Crippen LogP contribution in [-0.4, -0.2) is 33.8 Å². The average molecular weight is 364 g/mol. The van der Waals surface area contributed by atoms with Crippen LogP contribution in [0.2, 0.25) is 0 Å². The van der Waals surface area contributed by atoms with Gasteiger partial charge in [0, 0.05) is 12.3 Å². The van der Waals surface area contributed by atoms with Crippen LogP contribution in [0.5, 0.6) is 0 Å². The number of allylic oxidation sites excluding steroid dienone is 2. The van der Waals surface area contributed by atoms with E-state index in [9.17, 15) is 24.3 Å². The molecule has 0 aromatic carbocycles. The first-order valence-corrected chi connectivity index (χ1v) is 9.49. The van der Waals surface area contributed by atoms with Crippen LogP contribution in [0.3, 0.4) is 0 Å². The van der Waals surface area contributed by atoms with Crippen molar-refractivity contribution >= 4 is 23.1 Å². The Labute approximate surface area is 156 Å². The molecule has 26 heavy (non-hydrogen) atoms. The van der Waals surface area contributed by atoms with Crippen molar-refractivity contribution in [3.05, 3.63) is 11.6 Å². The first-order valence-electron chi connectivity index (χ1n) is 9.49. The fourth-order valence-electron chi connectivity index (χ4n) is 3.27. The maximum Gasteiger partial charge on any atom is 0.192 e. The molecule has 146 valence electrons. The van der Waals surface area contributed by atoms with Gasteiger partial charge in [0.2, 0.25) is 0 Å². The largest absolute Gasteiger partial charge is 0.374 e. The van der Waals surface area contributed by atoms with E-state index in [0.29, 0.717) is 12.8 Å². The lowest BCUT2D eigenvalue weighted by atomic mass is 9.81. The van der Waals surface area contributed by atoms with Crippen LogP contribution in [0, 0.1) is 23.7 Å². The van der Waals surface area contributed by atoms with E-state index in [1.54, 1.807) is 19.9 Å². The zero-order chi connectivity index (χ0) is 20.2. The van der Waals surface area contributed by atoms with E-state index in [2.05, 4.69) is 0 Å².